The van der Waals surface area contributed by atoms with Crippen LogP contribution in [0.2, 0.25) is 0 Å². The van der Waals surface area contributed by atoms with Gasteiger partial charge in [0.1, 0.15) is 5.82 Å². The minimum absolute atomic E-state index is 0.0101. The summed E-state index contributed by atoms with van der Waals surface area (Å²) in [4.78, 5) is 11.4. The molecule has 0 bridgehead atoms. The summed E-state index contributed by atoms with van der Waals surface area (Å²) in [5.74, 6) is -0.919. The Morgan fingerprint density at radius 3 is 2.80 bits per heavy atom. The normalized spacial score (nSPS) is 17.2. The number of nitrogens with two attached hydrogens (primary N) is 1. The first kappa shape index (κ1) is 14.7. The van der Waals surface area contributed by atoms with Crippen molar-refractivity contribution in [2.45, 2.75) is 12.8 Å². The summed E-state index contributed by atoms with van der Waals surface area (Å²) >= 11 is 0. The Morgan fingerprint density at radius 1 is 1.45 bits per heavy atom. The van der Waals surface area contributed by atoms with Gasteiger partial charge in [-0.05, 0) is 24.6 Å². The van der Waals surface area contributed by atoms with Crippen molar-refractivity contribution in [2.75, 3.05) is 28.5 Å². The van der Waals surface area contributed by atoms with E-state index in [2.05, 4.69) is 5.32 Å². The van der Waals surface area contributed by atoms with Gasteiger partial charge in [-0.2, -0.15) is 0 Å². The first-order valence-electron chi connectivity index (χ1n) is 6.24. The van der Waals surface area contributed by atoms with E-state index in [0.29, 0.717) is 12.1 Å². The smallest absolute Gasteiger partial charge is 0.235 e. The van der Waals surface area contributed by atoms with Crippen molar-refractivity contribution in [3.05, 3.63) is 24.0 Å². The lowest BCUT2D eigenvalue weighted by molar-refractivity contribution is -0.116. The Balaban J connectivity index is 2.28. The number of carbonyl (C=O) groups excluding carboxylic acids is 1. The maximum absolute atomic E-state index is 13.8. The fraction of sp³-hybridized carbons (Fsp3) is 0.417. The van der Waals surface area contributed by atoms with Crippen LogP contribution in [0, 0.1) is 5.82 Å². The Morgan fingerprint density at radius 2 is 2.20 bits per heavy atom. The number of amides is 1. The first-order valence-corrected chi connectivity index (χ1v) is 7.85. The minimum Gasteiger partial charge on any atom is -0.330 e. The molecule has 1 fully saturated rings. The molecule has 8 heteroatoms. The van der Waals surface area contributed by atoms with E-state index in [1.54, 1.807) is 0 Å². The van der Waals surface area contributed by atoms with Gasteiger partial charge in [-0.15, -0.1) is 0 Å². The van der Waals surface area contributed by atoms with E-state index in [9.17, 15) is 17.6 Å². The van der Waals surface area contributed by atoms with Crippen molar-refractivity contribution in [1.29, 1.82) is 0 Å². The predicted molar refractivity (Wildman–Crippen MR) is 74.5 cm³/mol. The molecule has 1 amide bonds. The van der Waals surface area contributed by atoms with Gasteiger partial charge in [0.05, 0.1) is 11.4 Å². The third kappa shape index (κ3) is 3.07. The van der Waals surface area contributed by atoms with Gasteiger partial charge in [0, 0.05) is 25.2 Å². The van der Waals surface area contributed by atoms with Crippen LogP contribution >= 0.6 is 0 Å². The van der Waals surface area contributed by atoms with E-state index in [0.717, 1.165) is 10.4 Å². The van der Waals surface area contributed by atoms with Gasteiger partial charge in [-0.3, -0.25) is 9.10 Å². The van der Waals surface area contributed by atoms with Crippen LogP contribution in [0.25, 0.3) is 0 Å². The number of benzene rings is 1. The number of nitrogens with one attached hydrogen (secondary N) is 1. The van der Waals surface area contributed by atoms with Gasteiger partial charge in [0.15, 0.2) is 0 Å². The summed E-state index contributed by atoms with van der Waals surface area (Å²) in [6.45, 7) is 0.458. The lowest BCUT2D eigenvalue weighted by Crippen LogP contribution is -2.26. The first-order chi connectivity index (χ1) is 9.44. The summed E-state index contributed by atoms with van der Waals surface area (Å²) in [5.41, 5.74) is 5.58. The average Bonchev–Trinajstić information content (AvgIpc) is 2.72. The summed E-state index contributed by atoms with van der Waals surface area (Å²) < 4.78 is 38.5. The Kier molecular flexibility index (Phi) is 4.24. The van der Waals surface area contributed by atoms with Crippen LogP contribution in [0.4, 0.5) is 15.8 Å². The Labute approximate surface area is 116 Å². The molecule has 1 aromatic carbocycles. The molecule has 1 saturated heterocycles. The summed E-state index contributed by atoms with van der Waals surface area (Å²) in [7, 11) is -3.46. The van der Waals surface area contributed by atoms with Crippen LogP contribution in [0.1, 0.15) is 12.8 Å². The van der Waals surface area contributed by atoms with Crippen LogP contribution in [0.5, 0.6) is 0 Å². The zero-order valence-corrected chi connectivity index (χ0v) is 11.6. The molecule has 0 atom stereocenters. The maximum Gasteiger partial charge on any atom is 0.235 e. The predicted octanol–water partition coefficient (Wildman–Crippen LogP) is 0.653. The fourth-order valence-electron chi connectivity index (χ4n) is 2.05. The second-order valence-electron chi connectivity index (χ2n) is 4.49. The van der Waals surface area contributed by atoms with Gasteiger partial charge in [0.2, 0.25) is 15.9 Å². The van der Waals surface area contributed by atoms with Crippen LogP contribution in [0.3, 0.4) is 0 Å². The van der Waals surface area contributed by atoms with E-state index in [1.165, 1.54) is 12.1 Å². The highest BCUT2D eigenvalue weighted by Gasteiger charge is 2.30. The molecule has 20 heavy (non-hydrogen) atoms. The summed E-state index contributed by atoms with van der Waals surface area (Å²) in [6.07, 6.45) is 0.611. The van der Waals surface area contributed by atoms with E-state index in [4.69, 9.17) is 5.73 Å². The van der Waals surface area contributed by atoms with Gasteiger partial charge < -0.3 is 11.1 Å². The molecule has 0 saturated carbocycles. The SMILES string of the molecule is NCCC(=O)Nc1ccc(F)c(N2CCCS2(=O)=O)c1. The third-order valence-corrected chi connectivity index (χ3v) is 4.82. The molecule has 0 aromatic heterocycles. The van der Waals surface area contributed by atoms with Gasteiger partial charge in [-0.1, -0.05) is 0 Å². The fourth-order valence-corrected chi connectivity index (χ4v) is 3.61. The third-order valence-electron chi connectivity index (χ3n) is 2.97. The molecule has 1 aromatic rings. The molecule has 3 N–H and O–H groups in total. The van der Waals surface area contributed by atoms with Crippen molar-refractivity contribution in [3.63, 3.8) is 0 Å². The largest absolute Gasteiger partial charge is 0.330 e. The topological polar surface area (TPSA) is 92.5 Å². The quantitative estimate of drug-likeness (QED) is 0.854. The standard InChI is InChI=1S/C12H16FN3O3S/c13-10-3-2-9(15-12(17)4-5-14)8-11(10)16-6-1-7-20(16,18)19/h2-3,8H,1,4-7,14H2,(H,15,17). The number of anilines is 2. The molecule has 6 nitrogen and oxygen atoms in total. The highest BCUT2D eigenvalue weighted by Crippen LogP contribution is 2.29. The van der Waals surface area contributed by atoms with Crippen molar-refractivity contribution in [1.82, 2.24) is 0 Å². The molecule has 0 radical (unpaired) electrons. The lowest BCUT2D eigenvalue weighted by atomic mass is 10.2. The highest BCUT2D eigenvalue weighted by molar-refractivity contribution is 7.93. The molecule has 0 unspecified atom stereocenters. The molecule has 2 rings (SSSR count). The van der Waals surface area contributed by atoms with E-state index in [-0.39, 0.29) is 36.9 Å². The van der Waals surface area contributed by atoms with E-state index in [1.807, 2.05) is 0 Å². The molecule has 1 aliphatic rings. The number of hydrogen-bond donors (Lipinski definition) is 2. The van der Waals surface area contributed by atoms with E-state index >= 15 is 0 Å². The molecule has 1 aliphatic heterocycles. The van der Waals surface area contributed by atoms with Crippen molar-refractivity contribution in [2.24, 2.45) is 5.73 Å². The van der Waals surface area contributed by atoms with Crippen LogP contribution in [-0.2, 0) is 14.8 Å². The number of halogens is 1. The molecular formula is C12H16FN3O3S. The summed E-state index contributed by atoms with van der Waals surface area (Å²) in [5, 5.41) is 2.55. The molecular weight excluding hydrogens is 285 g/mol. The number of nitrogens with zero attached hydrogens (tertiary/aromatic N) is 1. The van der Waals surface area contributed by atoms with Gasteiger partial charge in [-0.25, -0.2) is 12.8 Å². The number of hydrogen-bond acceptors (Lipinski definition) is 4. The van der Waals surface area contributed by atoms with Gasteiger partial charge in [0.25, 0.3) is 0 Å². The second kappa shape index (κ2) is 5.76. The second-order valence-corrected chi connectivity index (χ2v) is 6.51. The Bertz CT molecular complexity index is 618. The molecule has 0 aliphatic carbocycles. The highest BCUT2D eigenvalue weighted by atomic mass is 32.2. The average molecular weight is 301 g/mol. The minimum atomic E-state index is -3.46. The molecule has 1 heterocycles. The van der Waals surface area contributed by atoms with Crippen molar-refractivity contribution >= 4 is 27.3 Å². The van der Waals surface area contributed by atoms with Crippen LogP contribution in [0.15, 0.2) is 18.2 Å². The van der Waals surface area contributed by atoms with Crippen LogP contribution < -0.4 is 15.4 Å². The Hall–Kier alpha value is -1.67. The summed E-state index contributed by atoms with van der Waals surface area (Å²) in [6, 6.07) is 3.85. The number of sulfonamides is 1. The molecule has 110 valence electrons. The molecule has 0 spiro atoms. The van der Waals surface area contributed by atoms with Crippen molar-refractivity contribution in [3.8, 4) is 0 Å². The maximum atomic E-state index is 13.8. The van der Waals surface area contributed by atoms with Crippen LogP contribution in [-0.4, -0.2) is 33.2 Å². The number of rotatable bonds is 4. The lowest BCUT2D eigenvalue weighted by Gasteiger charge is -2.18. The van der Waals surface area contributed by atoms with Crippen molar-refractivity contribution < 1.29 is 17.6 Å². The zero-order chi connectivity index (χ0) is 14.8. The number of carbonyl (C=O) groups is 1. The zero-order valence-electron chi connectivity index (χ0n) is 10.8. The van der Waals surface area contributed by atoms with E-state index < -0.39 is 15.8 Å². The van der Waals surface area contributed by atoms with Gasteiger partial charge >= 0.3 is 0 Å². The monoisotopic (exact) mass is 301 g/mol.